The van der Waals surface area contributed by atoms with Gasteiger partial charge in [0.25, 0.3) is 5.91 Å². The zero-order valence-corrected chi connectivity index (χ0v) is 16.4. The van der Waals surface area contributed by atoms with E-state index in [4.69, 9.17) is 0 Å². The molecule has 1 N–H and O–H groups in total. The predicted octanol–water partition coefficient (Wildman–Crippen LogP) is 4.70. The number of aryl methyl sites for hydroxylation is 1. The molecule has 2 aromatic carbocycles. The van der Waals surface area contributed by atoms with Crippen molar-refractivity contribution in [2.75, 3.05) is 29.9 Å². The fourth-order valence-corrected chi connectivity index (χ4v) is 4.29. The van der Waals surface area contributed by atoms with Gasteiger partial charge in [-0.05, 0) is 58.2 Å². The molecule has 0 unspecified atom stereocenters. The fraction of sp³-hybridized carbons (Fsp3) is 0.316. The lowest BCUT2D eigenvalue weighted by Gasteiger charge is -2.26. The van der Waals surface area contributed by atoms with Gasteiger partial charge in [0.05, 0.1) is 5.56 Å². The van der Waals surface area contributed by atoms with E-state index in [-0.39, 0.29) is 11.7 Å². The fourth-order valence-electron chi connectivity index (χ4n) is 2.78. The molecule has 3 rings (SSSR count). The Labute approximate surface area is 160 Å². The molecule has 3 nitrogen and oxygen atoms in total. The summed E-state index contributed by atoms with van der Waals surface area (Å²) in [5.74, 6) is 1.73. The molecule has 1 heterocycles. The van der Waals surface area contributed by atoms with Gasteiger partial charge in [-0.3, -0.25) is 9.69 Å². The summed E-state index contributed by atoms with van der Waals surface area (Å²) in [6, 6.07) is 10.2. The van der Waals surface area contributed by atoms with E-state index in [1.54, 1.807) is 0 Å². The van der Waals surface area contributed by atoms with Gasteiger partial charge < -0.3 is 5.32 Å². The summed E-state index contributed by atoms with van der Waals surface area (Å²) in [6.45, 7) is 5.06. The van der Waals surface area contributed by atoms with Crippen molar-refractivity contribution in [3.05, 3.63) is 63.4 Å². The van der Waals surface area contributed by atoms with Gasteiger partial charge in [-0.1, -0.05) is 12.1 Å². The Morgan fingerprint density at radius 3 is 2.72 bits per heavy atom. The van der Waals surface area contributed by atoms with Gasteiger partial charge in [0, 0.05) is 41.3 Å². The van der Waals surface area contributed by atoms with Gasteiger partial charge in [0.2, 0.25) is 0 Å². The Kier molecular flexibility index (Phi) is 6.15. The van der Waals surface area contributed by atoms with Crippen LogP contribution in [-0.2, 0) is 6.54 Å². The number of amides is 1. The summed E-state index contributed by atoms with van der Waals surface area (Å²) in [4.78, 5) is 15.0. The summed E-state index contributed by atoms with van der Waals surface area (Å²) >= 11 is 5.24. The SMILES string of the molecule is Cc1ccc(CN2CCSCC2)cc1NC(=O)c1ccc(F)cc1Br. The van der Waals surface area contributed by atoms with Crippen LogP contribution in [0, 0.1) is 12.7 Å². The highest BCUT2D eigenvalue weighted by Crippen LogP contribution is 2.23. The zero-order chi connectivity index (χ0) is 17.8. The smallest absolute Gasteiger partial charge is 0.256 e. The van der Waals surface area contributed by atoms with E-state index in [9.17, 15) is 9.18 Å². The number of nitrogens with one attached hydrogen (secondary N) is 1. The van der Waals surface area contributed by atoms with Crippen molar-refractivity contribution in [3.8, 4) is 0 Å². The number of rotatable bonds is 4. The molecule has 1 saturated heterocycles. The molecule has 0 atom stereocenters. The maximum absolute atomic E-state index is 13.2. The third-order valence-corrected chi connectivity index (χ3v) is 5.83. The number of nitrogens with zero attached hydrogens (tertiary/aromatic N) is 1. The summed E-state index contributed by atoms with van der Waals surface area (Å²) in [6.07, 6.45) is 0. The molecule has 0 bridgehead atoms. The number of thioether (sulfide) groups is 1. The van der Waals surface area contributed by atoms with E-state index in [1.807, 2.05) is 30.8 Å². The minimum atomic E-state index is -0.374. The van der Waals surface area contributed by atoms with Crippen molar-refractivity contribution in [1.82, 2.24) is 4.90 Å². The van der Waals surface area contributed by atoms with Crippen LogP contribution in [0.2, 0.25) is 0 Å². The van der Waals surface area contributed by atoms with Crippen LogP contribution < -0.4 is 5.32 Å². The minimum Gasteiger partial charge on any atom is -0.322 e. The second-order valence-corrected chi connectivity index (χ2v) is 8.20. The Hall–Kier alpha value is -1.37. The molecular weight excluding hydrogens is 403 g/mol. The molecule has 1 amide bonds. The van der Waals surface area contributed by atoms with Crippen molar-refractivity contribution >= 4 is 39.3 Å². The van der Waals surface area contributed by atoms with Crippen LogP contribution in [0.5, 0.6) is 0 Å². The number of carbonyl (C=O) groups is 1. The van der Waals surface area contributed by atoms with Gasteiger partial charge in [0.15, 0.2) is 0 Å². The zero-order valence-electron chi connectivity index (χ0n) is 14.0. The van der Waals surface area contributed by atoms with Gasteiger partial charge in [-0.15, -0.1) is 0 Å². The second-order valence-electron chi connectivity index (χ2n) is 6.12. The average Bonchev–Trinajstić information content (AvgIpc) is 2.58. The van der Waals surface area contributed by atoms with Crippen LogP contribution in [0.4, 0.5) is 10.1 Å². The van der Waals surface area contributed by atoms with Crippen LogP contribution in [0.1, 0.15) is 21.5 Å². The maximum Gasteiger partial charge on any atom is 0.256 e. The van der Waals surface area contributed by atoms with Crippen LogP contribution >= 0.6 is 27.7 Å². The molecule has 0 spiro atoms. The van der Waals surface area contributed by atoms with Crippen LogP contribution in [0.15, 0.2) is 40.9 Å². The Balaban J connectivity index is 1.74. The standard InChI is InChI=1S/C19H20BrFN2OS/c1-13-2-3-14(12-23-6-8-25-9-7-23)10-18(13)22-19(24)16-5-4-15(21)11-17(16)20/h2-5,10-11H,6-9,12H2,1H3,(H,22,24). The molecule has 0 aliphatic carbocycles. The number of hydrogen-bond donors (Lipinski definition) is 1. The quantitative estimate of drug-likeness (QED) is 0.774. The molecular formula is C19H20BrFN2OS. The lowest BCUT2D eigenvalue weighted by atomic mass is 10.1. The molecule has 1 aliphatic rings. The monoisotopic (exact) mass is 422 g/mol. The first-order valence-electron chi connectivity index (χ1n) is 8.19. The highest BCUT2D eigenvalue weighted by molar-refractivity contribution is 9.10. The molecule has 1 fully saturated rings. The molecule has 6 heteroatoms. The summed E-state index contributed by atoms with van der Waals surface area (Å²) in [5, 5.41) is 2.95. The highest BCUT2D eigenvalue weighted by Gasteiger charge is 2.14. The van der Waals surface area contributed by atoms with E-state index in [0.29, 0.717) is 10.0 Å². The molecule has 2 aromatic rings. The molecule has 132 valence electrons. The van der Waals surface area contributed by atoms with E-state index >= 15 is 0 Å². The van der Waals surface area contributed by atoms with Gasteiger partial charge in [0.1, 0.15) is 5.82 Å². The van der Waals surface area contributed by atoms with Crippen LogP contribution in [-0.4, -0.2) is 35.4 Å². The number of halogens is 2. The normalized spacial score (nSPS) is 15.2. The first-order valence-corrected chi connectivity index (χ1v) is 10.1. The topological polar surface area (TPSA) is 32.3 Å². The lowest BCUT2D eigenvalue weighted by Crippen LogP contribution is -2.32. The van der Waals surface area contributed by atoms with Crippen molar-refractivity contribution in [3.63, 3.8) is 0 Å². The third-order valence-electron chi connectivity index (χ3n) is 4.24. The predicted molar refractivity (Wildman–Crippen MR) is 106 cm³/mol. The Morgan fingerprint density at radius 2 is 2.00 bits per heavy atom. The molecule has 25 heavy (non-hydrogen) atoms. The highest BCUT2D eigenvalue weighted by atomic mass is 79.9. The number of carbonyl (C=O) groups excluding carboxylic acids is 1. The number of benzene rings is 2. The molecule has 0 radical (unpaired) electrons. The Bertz CT molecular complexity index is 778. The van der Waals surface area contributed by atoms with E-state index in [1.165, 1.54) is 35.3 Å². The number of hydrogen-bond acceptors (Lipinski definition) is 3. The lowest BCUT2D eigenvalue weighted by molar-refractivity contribution is 0.102. The molecule has 0 saturated carbocycles. The van der Waals surface area contributed by atoms with Crippen LogP contribution in [0.25, 0.3) is 0 Å². The van der Waals surface area contributed by atoms with Gasteiger partial charge in [-0.2, -0.15) is 11.8 Å². The van der Waals surface area contributed by atoms with E-state index in [0.717, 1.165) is 30.9 Å². The largest absolute Gasteiger partial charge is 0.322 e. The second kappa shape index (κ2) is 8.34. The van der Waals surface area contributed by atoms with E-state index < -0.39 is 0 Å². The van der Waals surface area contributed by atoms with Crippen LogP contribution in [0.3, 0.4) is 0 Å². The Morgan fingerprint density at radius 1 is 1.24 bits per heavy atom. The van der Waals surface area contributed by atoms with Gasteiger partial charge in [-0.25, -0.2) is 4.39 Å². The molecule has 1 aliphatic heterocycles. The minimum absolute atomic E-state index is 0.249. The van der Waals surface area contributed by atoms with Crippen molar-refractivity contribution in [2.24, 2.45) is 0 Å². The van der Waals surface area contributed by atoms with Crippen molar-refractivity contribution in [1.29, 1.82) is 0 Å². The van der Waals surface area contributed by atoms with Crippen molar-refractivity contribution in [2.45, 2.75) is 13.5 Å². The van der Waals surface area contributed by atoms with Gasteiger partial charge >= 0.3 is 0 Å². The number of anilines is 1. The average molecular weight is 423 g/mol. The first-order chi connectivity index (χ1) is 12.0. The molecule has 0 aromatic heterocycles. The summed E-state index contributed by atoms with van der Waals surface area (Å²) in [5.41, 5.74) is 3.40. The van der Waals surface area contributed by atoms with E-state index in [2.05, 4.69) is 32.2 Å². The van der Waals surface area contributed by atoms with Crippen molar-refractivity contribution < 1.29 is 9.18 Å². The summed E-state index contributed by atoms with van der Waals surface area (Å²) < 4.78 is 13.7. The first kappa shape index (κ1) is 18.4. The summed E-state index contributed by atoms with van der Waals surface area (Å²) in [7, 11) is 0. The maximum atomic E-state index is 13.2. The third kappa shape index (κ3) is 4.84.